The van der Waals surface area contributed by atoms with Crippen molar-refractivity contribution >= 4 is 11.6 Å². The highest BCUT2D eigenvalue weighted by molar-refractivity contribution is 5.88. The molecule has 5 heteroatoms. The molecule has 0 amide bonds. The van der Waals surface area contributed by atoms with Crippen molar-refractivity contribution in [3.63, 3.8) is 0 Å². The molecule has 0 unspecified atom stereocenters. The van der Waals surface area contributed by atoms with Crippen LogP contribution in [0.15, 0.2) is 24.4 Å². The van der Waals surface area contributed by atoms with E-state index in [1.807, 2.05) is 13.8 Å². The highest BCUT2D eigenvalue weighted by Gasteiger charge is 2.19. The lowest BCUT2D eigenvalue weighted by Gasteiger charge is -2.13. The second kappa shape index (κ2) is 5.74. The van der Waals surface area contributed by atoms with Gasteiger partial charge < -0.3 is 5.11 Å². The molecule has 5 nitrogen and oxygen atoms in total. The van der Waals surface area contributed by atoms with Crippen LogP contribution in [0, 0.1) is 20.8 Å². The molecule has 124 valence electrons. The van der Waals surface area contributed by atoms with E-state index in [9.17, 15) is 9.90 Å². The molecule has 3 rings (SSSR count). The SMILES string of the molecule is Cc1ccc(C)c(-c2cnn3c(C(C)C)cc(C(=O)O)nc23)c1C. The number of hydrogen-bond acceptors (Lipinski definition) is 3. The van der Waals surface area contributed by atoms with Crippen molar-refractivity contribution in [1.29, 1.82) is 0 Å². The third kappa shape index (κ3) is 2.46. The summed E-state index contributed by atoms with van der Waals surface area (Å²) in [5, 5.41) is 13.9. The summed E-state index contributed by atoms with van der Waals surface area (Å²) in [4.78, 5) is 15.9. The first-order valence-electron chi connectivity index (χ1n) is 8.00. The summed E-state index contributed by atoms with van der Waals surface area (Å²) in [6.07, 6.45) is 1.79. The summed E-state index contributed by atoms with van der Waals surface area (Å²) in [7, 11) is 0. The number of nitrogens with zero attached hydrogens (tertiary/aromatic N) is 3. The molecule has 1 aromatic carbocycles. The minimum absolute atomic E-state index is 0.0518. The maximum Gasteiger partial charge on any atom is 0.354 e. The lowest BCUT2D eigenvalue weighted by atomic mass is 9.94. The van der Waals surface area contributed by atoms with Crippen LogP contribution in [-0.4, -0.2) is 25.7 Å². The fraction of sp³-hybridized carbons (Fsp3) is 0.316. The zero-order valence-electron chi connectivity index (χ0n) is 14.6. The fourth-order valence-corrected chi connectivity index (χ4v) is 3.05. The minimum atomic E-state index is -1.02. The molecule has 0 radical (unpaired) electrons. The Bertz CT molecular complexity index is 955. The van der Waals surface area contributed by atoms with E-state index in [4.69, 9.17) is 0 Å². The number of aromatic carboxylic acids is 1. The Kier molecular flexibility index (Phi) is 3.87. The molecule has 0 atom stereocenters. The Morgan fingerprint density at radius 2 is 1.83 bits per heavy atom. The van der Waals surface area contributed by atoms with Crippen LogP contribution in [0.2, 0.25) is 0 Å². The van der Waals surface area contributed by atoms with Gasteiger partial charge in [0.2, 0.25) is 0 Å². The van der Waals surface area contributed by atoms with Crippen LogP contribution in [0.5, 0.6) is 0 Å². The molecule has 0 aliphatic carbocycles. The largest absolute Gasteiger partial charge is 0.477 e. The van der Waals surface area contributed by atoms with Crippen molar-refractivity contribution in [1.82, 2.24) is 14.6 Å². The first-order valence-corrected chi connectivity index (χ1v) is 8.00. The van der Waals surface area contributed by atoms with E-state index in [-0.39, 0.29) is 11.6 Å². The molecule has 2 aromatic heterocycles. The highest BCUT2D eigenvalue weighted by atomic mass is 16.4. The summed E-state index contributed by atoms with van der Waals surface area (Å²) in [5.41, 5.74) is 6.92. The first kappa shape index (κ1) is 16.2. The van der Waals surface area contributed by atoms with E-state index in [0.29, 0.717) is 5.65 Å². The van der Waals surface area contributed by atoms with E-state index >= 15 is 0 Å². The summed E-state index contributed by atoms with van der Waals surface area (Å²) < 4.78 is 1.76. The second-order valence-corrected chi connectivity index (χ2v) is 6.52. The number of carboxylic acid groups (broad SMARTS) is 1. The lowest BCUT2D eigenvalue weighted by molar-refractivity contribution is 0.0690. The number of aromatic nitrogens is 3. The summed E-state index contributed by atoms with van der Waals surface area (Å²) in [6, 6.07) is 5.77. The Morgan fingerprint density at radius 3 is 2.46 bits per heavy atom. The number of aryl methyl sites for hydroxylation is 2. The van der Waals surface area contributed by atoms with Gasteiger partial charge in [-0.3, -0.25) is 0 Å². The van der Waals surface area contributed by atoms with Crippen molar-refractivity contribution in [3.05, 3.63) is 52.5 Å². The maximum atomic E-state index is 11.5. The van der Waals surface area contributed by atoms with Crippen LogP contribution in [0.3, 0.4) is 0 Å². The van der Waals surface area contributed by atoms with Crippen molar-refractivity contribution in [2.45, 2.75) is 40.5 Å². The van der Waals surface area contributed by atoms with Gasteiger partial charge in [0.15, 0.2) is 11.3 Å². The van der Waals surface area contributed by atoms with Gasteiger partial charge in [0.1, 0.15) is 0 Å². The van der Waals surface area contributed by atoms with Crippen LogP contribution in [0.4, 0.5) is 0 Å². The van der Waals surface area contributed by atoms with E-state index in [1.165, 1.54) is 11.1 Å². The summed E-state index contributed by atoms with van der Waals surface area (Å²) in [5.74, 6) is -0.884. The Morgan fingerprint density at radius 1 is 1.17 bits per heavy atom. The molecule has 1 N–H and O–H groups in total. The van der Waals surface area contributed by atoms with Crippen LogP contribution in [0.25, 0.3) is 16.8 Å². The van der Waals surface area contributed by atoms with Crippen molar-refractivity contribution in [3.8, 4) is 11.1 Å². The van der Waals surface area contributed by atoms with Gasteiger partial charge in [0, 0.05) is 11.3 Å². The zero-order valence-corrected chi connectivity index (χ0v) is 14.6. The van der Waals surface area contributed by atoms with Gasteiger partial charge in [-0.25, -0.2) is 14.3 Å². The number of rotatable bonds is 3. The van der Waals surface area contributed by atoms with Crippen LogP contribution in [-0.2, 0) is 0 Å². The highest BCUT2D eigenvalue weighted by Crippen LogP contribution is 2.32. The summed E-state index contributed by atoms with van der Waals surface area (Å²) in [6.45, 7) is 10.2. The average Bonchev–Trinajstić information content (AvgIpc) is 2.94. The standard InChI is InChI=1S/C19H21N3O2/c1-10(2)16-8-15(19(23)24)21-18-14(9-20-22(16)18)17-12(4)7-6-11(3)13(17)5/h6-10H,1-5H3,(H,23,24). The lowest BCUT2D eigenvalue weighted by Crippen LogP contribution is -2.09. The molecule has 0 bridgehead atoms. The monoisotopic (exact) mass is 323 g/mol. The molecular formula is C19H21N3O2. The number of carbonyl (C=O) groups is 1. The number of carboxylic acids is 1. The number of hydrogen-bond donors (Lipinski definition) is 1. The Hall–Kier alpha value is -2.69. The van der Waals surface area contributed by atoms with Gasteiger partial charge in [0.05, 0.1) is 6.20 Å². The fourth-order valence-electron chi connectivity index (χ4n) is 3.05. The third-order valence-corrected chi connectivity index (χ3v) is 4.52. The topological polar surface area (TPSA) is 67.5 Å². The molecule has 0 spiro atoms. The predicted octanol–water partition coefficient (Wildman–Crippen LogP) is 4.14. The van der Waals surface area contributed by atoms with Crippen molar-refractivity contribution in [2.24, 2.45) is 0 Å². The third-order valence-electron chi connectivity index (χ3n) is 4.52. The van der Waals surface area contributed by atoms with E-state index in [1.54, 1.807) is 16.8 Å². The van der Waals surface area contributed by atoms with Gasteiger partial charge in [-0.15, -0.1) is 0 Å². The Labute approximate surface area is 141 Å². The molecule has 0 aliphatic rings. The average molecular weight is 323 g/mol. The molecule has 0 saturated heterocycles. The second-order valence-electron chi connectivity index (χ2n) is 6.52. The van der Waals surface area contributed by atoms with Crippen LogP contribution < -0.4 is 0 Å². The quantitative estimate of drug-likeness (QED) is 0.786. The molecular weight excluding hydrogens is 302 g/mol. The normalized spacial score (nSPS) is 11.4. The van der Waals surface area contributed by atoms with E-state index in [0.717, 1.165) is 22.4 Å². The van der Waals surface area contributed by atoms with Gasteiger partial charge in [-0.2, -0.15) is 5.10 Å². The maximum absolute atomic E-state index is 11.5. The van der Waals surface area contributed by atoms with Gasteiger partial charge in [0.25, 0.3) is 0 Å². The molecule has 0 fully saturated rings. The molecule has 3 aromatic rings. The molecule has 0 saturated carbocycles. The van der Waals surface area contributed by atoms with Gasteiger partial charge in [-0.05, 0) is 55.0 Å². The summed E-state index contributed by atoms with van der Waals surface area (Å²) >= 11 is 0. The van der Waals surface area contributed by atoms with Crippen molar-refractivity contribution < 1.29 is 9.90 Å². The van der Waals surface area contributed by atoms with Gasteiger partial charge >= 0.3 is 5.97 Å². The Balaban J connectivity index is 2.40. The van der Waals surface area contributed by atoms with Crippen LogP contribution in [0.1, 0.15) is 52.6 Å². The number of benzene rings is 1. The first-order chi connectivity index (χ1) is 11.3. The smallest absolute Gasteiger partial charge is 0.354 e. The van der Waals surface area contributed by atoms with E-state index < -0.39 is 5.97 Å². The van der Waals surface area contributed by atoms with Crippen molar-refractivity contribution in [2.75, 3.05) is 0 Å². The number of fused-ring (bicyclic) bond motifs is 1. The zero-order chi connectivity index (χ0) is 17.6. The molecule has 0 aliphatic heterocycles. The van der Waals surface area contributed by atoms with Crippen LogP contribution >= 0.6 is 0 Å². The van der Waals surface area contributed by atoms with E-state index in [2.05, 4.69) is 43.0 Å². The molecule has 2 heterocycles. The molecule has 24 heavy (non-hydrogen) atoms. The van der Waals surface area contributed by atoms with Gasteiger partial charge in [-0.1, -0.05) is 26.0 Å². The predicted molar refractivity (Wildman–Crippen MR) is 93.7 cm³/mol. The minimum Gasteiger partial charge on any atom is -0.477 e.